The maximum absolute atomic E-state index is 5.67. The fourth-order valence-electron chi connectivity index (χ4n) is 1.66. The average molecular weight is 300 g/mol. The molecule has 0 aliphatic carbocycles. The van der Waals surface area contributed by atoms with Crippen molar-refractivity contribution in [3.05, 3.63) is 43.9 Å². The molecular weight excluding hydrogens is 286 g/mol. The molecule has 0 amide bonds. The lowest BCUT2D eigenvalue weighted by molar-refractivity contribution is 0.446. The summed E-state index contributed by atoms with van der Waals surface area (Å²) in [5.74, 6) is 1.91. The summed E-state index contributed by atoms with van der Waals surface area (Å²) in [4.78, 5) is 2.56. The van der Waals surface area contributed by atoms with Crippen molar-refractivity contribution in [1.82, 2.24) is 5.32 Å². The normalized spacial score (nSPS) is 13.0. The molecule has 0 aromatic carbocycles. The van der Waals surface area contributed by atoms with Gasteiger partial charge in [-0.2, -0.15) is 0 Å². The molecule has 2 aromatic heterocycles. The number of hydrogen-bond acceptors (Lipinski definition) is 3. The molecular formula is C12H14BrNOS. The van der Waals surface area contributed by atoms with E-state index in [1.165, 1.54) is 9.75 Å². The molecule has 1 atom stereocenters. The molecule has 0 aliphatic heterocycles. The molecule has 2 heterocycles. The van der Waals surface area contributed by atoms with Crippen LogP contribution >= 0.6 is 27.3 Å². The Labute approximate surface area is 108 Å². The predicted octanol–water partition coefficient (Wildman–Crippen LogP) is 4.03. The van der Waals surface area contributed by atoms with E-state index in [4.69, 9.17) is 4.42 Å². The molecule has 0 fully saturated rings. The number of rotatable bonds is 3. The quantitative estimate of drug-likeness (QED) is 0.926. The molecule has 86 valence electrons. The standard InChI is InChI=1S/C12H14BrNOS/c1-7-4-5-10(15-7)12(14-3)11-6-9(13)8(2)16-11/h4-6,12,14H,1-3H3. The van der Waals surface area contributed by atoms with Crippen LogP contribution in [0.15, 0.2) is 27.1 Å². The summed E-state index contributed by atoms with van der Waals surface area (Å²) in [6, 6.07) is 6.32. The summed E-state index contributed by atoms with van der Waals surface area (Å²) in [5, 5.41) is 3.28. The maximum Gasteiger partial charge on any atom is 0.126 e. The van der Waals surface area contributed by atoms with Gasteiger partial charge in [-0.1, -0.05) is 0 Å². The van der Waals surface area contributed by atoms with Crippen molar-refractivity contribution in [2.45, 2.75) is 19.9 Å². The highest BCUT2D eigenvalue weighted by Crippen LogP contribution is 2.34. The first-order valence-corrected chi connectivity index (χ1v) is 6.72. The van der Waals surface area contributed by atoms with Crippen molar-refractivity contribution in [3.63, 3.8) is 0 Å². The molecule has 2 rings (SSSR count). The minimum atomic E-state index is 0.142. The van der Waals surface area contributed by atoms with Crippen molar-refractivity contribution in [1.29, 1.82) is 0 Å². The molecule has 0 aliphatic rings. The zero-order valence-electron chi connectivity index (χ0n) is 9.50. The van der Waals surface area contributed by atoms with Gasteiger partial charge in [-0.15, -0.1) is 11.3 Å². The van der Waals surface area contributed by atoms with Gasteiger partial charge in [-0.05, 0) is 55.0 Å². The molecule has 16 heavy (non-hydrogen) atoms. The highest BCUT2D eigenvalue weighted by molar-refractivity contribution is 9.10. The van der Waals surface area contributed by atoms with Gasteiger partial charge in [0.05, 0.1) is 0 Å². The van der Waals surface area contributed by atoms with Crippen molar-refractivity contribution in [3.8, 4) is 0 Å². The smallest absolute Gasteiger partial charge is 0.126 e. The maximum atomic E-state index is 5.67. The lowest BCUT2D eigenvalue weighted by Crippen LogP contribution is -2.15. The molecule has 1 unspecified atom stereocenters. The molecule has 0 bridgehead atoms. The van der Waals surface area contributed by atoms with Gasteiger partial charge in [0.2, 0.25) is 0 Å². The van der Waals surface area contributed by atoms with Crippen LogP contribution in [-0.4, -0.2) is 7.05 Å². The van der Waals surface area contributed by atoms with Crippen LogP contribution < -0.4 is 5.32 Å². The fourth-order valence-corrected chi connectivity index (χ4v) is 3.34. The van der Waals surface area contributed by atoms with Crippen molar-refractivity contribution in [2.75, 3.05) is 7.05 Å². The summed E-state index contributed by atoms with van der Waals surface area (Å²) in [6.45, 7) is 4.07. The van der Waals surface area contributed by atoms with E-state index >= 15 is 0 Å². The third-order valence-electron chi connectivity index (χ3n) is 2.50. The Morgan fingerprint density at radius 3 is 2.56 bits per heavy atom. The molecule has 0 saturated carbocycles. The largest absolute Gasteiger partial charge is 0.464 e. The number of nitrogens with one attached hydrogen (secondary N) is 1. The van der Waals surface area contributed by atoms with Crippen molar-refractivity contribution < 1.29 is 4.42 Å². The SMILES string of the molecule is CNC(c1ccc(C)o1)c1cc(Br)c(C)s1. The van der Waals surface area contributed by atoms with Gasteiger partial charge in [-0.25, -0.2) is 0 Å². The van der Waals surface area contributed by atoms with Crippen molar-refractivity contribution in [2.24, 2.45) is 0 Å². The van der Waals surface area contributed by atoms with Gasteiger partial charge in [-0.3, -0.25) is 0 Å². The number of aryl methyl sites for hydroxylation is 2. The second-order valence-corrected chi connectivity index (χ2v) is 5.87. The summed E-state index contributed by atoms with van der Waals surface area (Å²) in [5.41, 5.74) is 0. The van der Waals surface area contributed by atoms with Crippen LogP contribution in [0, 0.1) is 13.8 Å². The Kier molecular flexibility index (Phi) is 3.52. The van der Waals surface area contributed by atoms with Gasteiger partial charge >= 0.3 is 0 Å². The number of furan rings is 1. The van der Waals surface area contributed by atoms with Crippen LogP contribution in [0.5, 0.6) is 0 Å². The van der Waals surface area contributed by atoms with E-state index in [2.05, 4.69) is 34.2 Å². The van der Waals surface area contributed by atoms with Gasteiger partial charge < -0.3 is 9.73 Å². The summed E-state index contributed by atoms with van der Waals surface area (Å²) in [7, 11) is 1.95. The average Bonchev–Trinajstić information content (AvgIpc) is 2.77. The Bertz CT molecular complexity index is 469. The highest BCUT2D eigenvalue weighted by Gasteiger charge is 2.18. The first kappa shape index (κ1) is 11.9. The molecule has 4 heteroatoms. The van der Waals surface area contributed by atoms with Crippen molar-refractivity contribution >= 4 is 27.3 Å². The van der Waals surface area contributed by atoms with E-state index < -0.39 is 0 Å². The molecule has 2 nitrogen and oxygen atoms in total. The number of hydrogen-bond donors (Lipinski definition) is 1. The van der Waals surface area contributed by atoms with Gasteiger partial charge in [0, 0.05) is 14.2 Å². The van der Waals surface area contributed by atoms with Crippen LogP contribution in [-0.2, 0) is 0 Å². The third kappa shape index (κ3) is 2.24. The van der Waals surface area contributed by atoms with Gasteiger partial charge in [0.1, 0.15) is 17.6 Å². The van der Waals surface area contributed by atoms with Crippen LogP contribution in [0.1, 0.15) is 27.3 Å². The zero-order chi connectivity index (χ0) is 11.7. The van der Waals surface area contributed by atoms with Gasteiger partial charge in [0.15, 0.2) is 0 Å². The summed E-state index contributed by atoms with van der Waals surface area (Å²) >= 11 is 5.33. The molecule has 1 N–H and O–H groups in total. The fraction of sp³-hybridized carbons (Fsp3) is 0.333. The van der Waals surface area contributed by atoms with Crippen LogP contribution in [0.2, 0.25) is 0 Å². The minimum Gasteiger partial charge on any atom is -0.464 e. The molecule has 0 radical (unpaired) electrons. The Balaban J connectivity index is 2.36. The molecule has 0 saturated heterocycles. The Morgan fingerprint density at radius 1 is 1.38 bits per heavy atom. The first-order valence-electron chi connectivity index (χ1n) is 5.11. The van der Waals surface area contributed by atoms with E-state index in [9.17, 15) is 0 Å². The minimum absolute atomic E-state index is 0.142. The molecule has 0 spiro atoms. The third-order valence-corrected chi connectivity index (χ3v) is 4.70. The van der Waals surface area contributed by atoms with E-state index in [-0.39, 0.29) is 6.04 Å². The topological polar surface area (TPSA) is 25.2 Å². The molecule has 2 aromatic rings. The van der Waals surface area contributed by atoms with Gasteiger partial charge in [0.25, 0.3) is 0 Å². The van der Waals surface area contributed by atoms with E-state index in [1.54, 1.807) is 11.3 Å². The zero-order valence-corrected chi connectivity index (χ0v) is 11.9. The predicted molar refractivity (Wildman–Crippen MR) is 71.1 cm³/mol. The highest BCUT2D eigenvalue weighted by atomic mass is 79.9. The van der Waals surface area contributed by atoms with Crippen LogP contribution in [0.25, 0.3) is 0 Å². The van der Waals surface area contributed by atoms with Crippen LogP contribution in [0.3, 0.4) is 0 Å². The lowest BCUT2D eigenvalue weighted by atomic mass is 10.2. The van der Waals surface area contributed by atoms with E-state index in [0.29, 0.717) is 0 Å². The van der Waals surface area contributed by atoms with E-state index in [1.807, 2.05) is 26.1 Å². The lowest BCUT2D eigenvalue weighted by Gasteiger charge is -2.11. The van der Waals surface area contributed by atoms with E-state index in [0.717, 1.165) is 16.0 Å². The van der Waals surface area contributed by atoms with Crippen LogP contribution in [0.4, 0.5) is 0 Å². The Hall–Kier alpha value is -0.580. The first-order chi connectivity index (χ1) is 7.61. The monoisotopic (exact) mass is 299 g/mol. The summed E-state index contributed by atoms with van der Waals surface area (Å²) in [6.07, 6.45) is 0. The number of halogens is 1. The second-order valence-electron chi connectivity index (χ2n) is 3.72. The summed E-state index contributed by atoms with van der Waals surface area (Å²) < 4.78 is 6.83. The number of thiophene rings is 1. The second kappa shape index (κ2) is 4.73. The Morgan fingerprint density at radius 2 is 2.12 bits per heavy atom.